The molecular formula is C20H12ClNO2S. The molecule has 0 amide bonds. The van der Waals surface area contributed by atoms with Gasteiger partial charge in [-0.05, 0) is 54.1 Å². The minimum atomic E-state index is -0.0680. The monoisotopic (exact) mass is 365 g/mol. The zero-order valence-corrected chi connectivity index (χ0v) is 14.6. The zero-order chi connectivity index (χ0) is 17.4. The second-order valence-corrected chi connectivity index (χ2v) is 7.09. The van der Waals surface area contributed by atoms with Crippen LogP contribution in [0.3, 0.4) is 0 Å². The largest absolute Gasteiger partial charge is 0.298 e. The van der Waals surface area contributed by atoms with Crippen molar-refractivity contribution in [1.82, 2.24) is 4.57 Å². The van der Waals surface area contributed by atoms with Crippen LogP contribution in [0.4, 0.5) is 0 Å². The number of rotatable bonds is 3. The van der Waals surface area contributed by atoms with E-state index in [4.69, 9.17) is 11.6 Å². The van der Waals surface area contributed by atoms with Crippen molar-refractivity contribution in [2.24, 2.45) is 0 Å². The minimum Gasteiger partial charge on any atom is -0.298 e. The summed E-state index contributed by atoms with van der Waals surface area (Å²) in [5.74, 6) is 0. The van der Waals surface area contributed by atoms with E-state index in [9.17, 15) is 9.59 Å². The average Bonchev–Trinajstić information content (AvgIpc) is 3.08. The lowest BCUT2D eigenvalue weighted by Gasteiger charge is -2.05. The van der Waals surface area contributed by atoms with Gasteiger partial charge in [-0.15, -0.1) is 11.3 Å². The molecule has 0 aliphatic rings. The number of aldehydes is 1. The van der Waals surface area contributed by atoms with Gasteiger partial charge in [0.1, 0.15) is 11.0 Å². The normalized spacial score (nSPS) is 10.9. The number of nitrogens with zero attached hydrogens (tertiary/aromatic N) is 1. The summed E-state index contributed by atoms with van der Waals surface area (Å²) in [7, 11) is 0. The third-order valence-electron chi connectivity index (χ3n) is 4.01. The Kier molecular flexibility index (Phi) is 3.99. The van der Waals surface area contributed by atoms with Crippen molar-refractivity contribution in [2.75, 3.05) is 0 Å². The SMILES string of the molecule is O=Cc1ccc(-n2ccc3cc(-c4ccc(Cl)cc4)sc3c2=O)cc1. The predicted molar refractivity (Wildman–Crippen MR) is 103 cm³/mol. The Balaban J connectivity index is 1.83. The van der Waals surface area contributed by atoms with Crippen molar-refractivity contribution in [1.29, 1.82) is 0 Å². The van der Waals surface area contributed by atoms with Crippen molar-refractivity contribution >= 4 is 39.3 Å². The van der Waals surface area contributed by atoms with Gasteiger partial charge in [0.25, 0.3) is 5.56 Å². The summed E-state index contributed by atoms with van der Waals surface area (Å²) in [6, 6.07) is 18.5. The van der Waals surface area contributed by atoms with E-state index in [0.717, 1.165) is 27.8 Å². The van der Waals surface area contributed by atoms with Crippen LogP contribution in [-0.2, 0) is 0 Å². The zero-order valence-electron chi connectivity index (χ0n) is 13.0. The van der Waals surface area contributed by atoms with Crippen molar-refractivity contribution < 1.29 is 4.79 Å². The van der Waals surface area contributed by atoms with Gasteiger partial charge in [0.05, 0.1) is 0 Å². The lowest BCUT2D eigenvalue weighted by atomic mass is 10.2. The van der Waals surface area contributed by atoms with Gasteiger partial charge in [-0.25, -0.2) is 0 Å². The quantitative estimate of drug-likeness (QED) is 0.469. The van der Waals surface area contributed by atoms with Gasteiger partial charge in [-0.1, -0.05) is 23.7 Å². The maximum absolute atomic E-state index is 12.9. The number of thiophene rings is 1. The molecule has 0 saturated carbocycles. The predicted octanol–water partition coefficient (Wildman–Crippen LogP) is 5.19. The third-order valence-corrected chi connectivity index (χ3v) is 5.45. The summed E-state index contributed by atoms with van der Waals surface area (Å²) in [6.07, 6.45) is 2.55. The Morgan fingerprint density at radius 2 is 1.68 bits per heavy atom. The van der Waals surface area contributed by atoms with Crippen LogP contribution in [0.25, 0.3) is 26.2 Å². The molecule has 0 radical (unpaired) electrons. The molecule has 3 nitrogen and oxygen atoms in total. The Morgan fingerprint density at radius 1 is 0.960 bits per heavy atom. The van der Waals surface area contributed by atoms with Gasteiger partial charge >= 0.3 is 0 Å². The molecular weight excluding hydrogens is 354 g/mol. The highest BCUT2D eigenvalue weighted by atomic mass is 35.5. The van der Waals surface area contributed by atoms with Crippen LogP contribution in [0, 0.1) is 0 Å². The fraction of sp³-hybridized carbons (Fsp3) is 0. The smallest absolute Gasteiger partial charge is 0.273 e. The molecule has 0 aliphatic heterocycles. The molecule has 0 N–H and O–H groups in total. The van der Waals surface area contributed by atoms with Crippen molar-refractivity contribution in [3.63, 3.8) is 0 Å². The Hall–Kier alpha value is -2.69. The highest BCUT2D eigenvalue weighted by Crippen LogP contribution is 2.32. The van der Waals surface area contributed by atoms with Gasteiger partial charge in [0.2, 0.25) is 0 Å². The molecule has 25 heavy (non-hydrogen) atoms. The summed E-state index contributed by atoms with van der Waals surface area (Å²) in [6.45, 7) is 0. The standard InChI is InChI=1S/C20H12ClNO2S/c21-16-5-3-14(4-6-16)18-11-15-9-10-22(20(24)19(15)25-18)17-7-1-13(12-23)2-8-17/h1-12H. The number of carbonyl (C=O) groups is 1. The number of aromatic nitrogens is 1. The first kappa shape index (κ1) is 15.8. The van der Waals surface area contributed by atoms with E-state index >= 15 is 0 Å². The Bertz CT molecular complexity index is 1130. The molecule has 0 saturated heterocycles. The molecule has 0 spiro atoms. The fourth-order valence-electron chi connectivity index (χ4n) is 2.70. The molecule has 4 rings (SSSR count). The highest BCUT2D eigenvalue weighted by Gasteiger charge is 2.10. The first-order valence-electron chi connectivity index (χ1n) is 7.62. The molecule has 2 heterocycles. The van der Waals surface area contributed by atoms with Crippen molar-refractivity contribution in [3.8, 4) is 16.1 Å². The number of carbonyl (C=O) groups excluding carboxylic acids is 1. The third kappa shape index (κ3) is 2.90. The first-order valence-corrected chi connectivity index (χ1v) is 8.82. The fourth-order valence-corrected chi connectivity index (χ4v) is 3.92. The number of halogens is 1. The van der Waals surface area contributed by atoms with E-state index in [-0.39, 0.29) is 5.56 Å². The molecule has 122 valence electrons. The van der Waals surface area contributed by atoms with Gasteiger partial charge in [-0.3, -0.25) is 14.2 Å². The van der Waals surface area contributed by atoms with Gasteiger partial charge in [0, 0.05) is 32.7 Å². The van der Waals surface area contributed by atoms with Gasteiger partial charge in [0.15, 0.2) is 0 Å². The number of pyridine rings is 1. The van der Waals surface area contributed by atoms with Gasteiger partial charge in [-0.2, -0.15) is 0 Å². The van der Waals surface area contributed by atoms with E-state index < -0.39 is 0 Å². The molecule has 0 fully saturated rings. The first-order chi connectivity index (χ1) is 12.2. The van der Waals surface area contributed by atoms with Gasteiger partial charge < -0.3 is 0 Å². The maximum atomic E-state index is 12.9. The summed E-state index contributed by atoms with van der Waals surface area (Å²) in [5.41, 5.74) is 2.28. The van der Waals surface area contributed by atoms with Crippen LogP contribution in [0.5, 0.6) is 0 Å². The molecule has 0 bridgehead atoms. The Morgan fingerprint density at radius 3 is 2.36 bits per heavy atom. The van der Waals surface area contributed by atoms with Crippen LogP contribution < -0.4 is 5.56 Å². The lowest BCUT2D eigenvalue weighted by Crippen LogP contribution is -2.16. The second-order valence-electron chi connectivity index (χ2n) is 5.60. The van der Waals surface area contributed by atoms with E-state index in [2.05, 4.69) is 0 Å². The molecule has 2 aromatic heterocycles. The maximum Gasteiger partial charge on any atom is 0.273 e. The Labute approximate surface area is 152 Å². The number of hydrogen-bond acceptors (Lipinski definition) is 3. The molecule has 0 aliphatic carbocycles. The number of hydrogen-bond donors (Lipinski definition) is 0. The molecule has 0 atom stereocenters. The van der Waals surface area contributed by atoms with E-state index in [0.29, 0.717) is 15.3 Å². The summed E-state index contributed by atoms with van der Waals surface area (Å²) < 4.78 is 2.30. The molecule has 5 heteroatoms. The van der Waals surface area contributed by atoms with E-state index in [1.54, 1.807) is 35.0 Å². The van der Waals surface area contributed by atoms with E-state index in [1.165, 1.54) is 11.3 Å². The lowest BCUT2D eigenvalue weighted by molar-refractivity contribution is 0.112. The number of benzene rings is 2. The van der Waals surface area contributed by atoms with Crippen LogP contribution in [-0.4, -0.2) is 10.9 Å². The minimum absolute atomic E-state index is 0.0680. The molecule has 4 aromatic rings. The summed E-state index contributed by atoms with van der Waals surface area (Å²) >= 11 is 7.41. The topological polar surface area (TPSA) is 39.1 Å². The molecule has 0 unspecified atom stereocenters. The van der Waals surface area contributed by atoms with Crippen LogP contribution >= 0.6 is 22.9 Å². The highest BCUT2D eigenvalue weighted by molar-refractivity contribution is 7.22. The van der Waals surface area contributed by atoms with Crippen LogP contribution in [0.2, 0.25) is 5.02 Å². The number of fused-ring (bicyclic) bond motifs is 1. The summed E-state index contributed by atoms with van der Waals surface area (Å²) in [4.78, 5) is 24.7. The second kappa shape index (κ2) is 6.31. The van der Waals surface area contributed by atoms with E-state index in [1.807, 2.05) is 36.4 Å². The van der Waals surface area contributed by atoms with Crippen molar-refractivity contribution in [2.45, 2.75) is 0 Å². The summed E-state index contributed by atoms with van der Waals surface area (Å²) in [5, 5.41) is 1.60. The van der Waals surface area contributed by atoms with Crippen LogP contribution in [0.15, 0.2) is 71.7 Å². The molecule has 2 aromatic carbocycles. The average molecular weight is 366 g/mol. The van der Waals surface area contributed by atoms with Crippen molar-refractivity contribution in [3.05, 3.63) is 87.8 Å². The van der Waals surface area contributed by atoms with Crippen LogP contribution in [0.1, 0.15) is 10.4 Å².